The van der Waals surface area contributed by atoms with Gasteiger partial charge in [0.15, 0.2) is 4.90 Å². The standard InChI is InChI=1S/C14H18ClN3O4S/c15-10-4-5-14(13(6-10)18(19)20)23(21,22)17-7-9-2-1-3-12(16)11(9)8-17/h4-6,9,11-12H,1-3,7-8,16H2. The molecule has 2 aliphatic rings. The lowest BCUT2D eigenvalue weighted by molar-refractivity contribution is -0.387. The number of nitro groups is 1. The van der Waals surface area contributed by atoms with E-state index in [-0.39, 0.29) is 27.8 Å². The minimum Gasteiger partial charge on any atom is -0.327 e. The number of hydrogen-bond donors (Lipinski definition) is 1. The Kier molecular flexibility index (Phi) is 4.35. The molecule has 1 saturated carbocycles. The van der Waals surface area contributed by atoms with Crippen LogP contribution in [0.2, 0.25) is 5.02 Å². The summed E-state index contributed by atoms with van der Waals surface area (Å²) < 4.78 is 27.1. The molecule has 2 fully saturated rings. The quantitative estimate of drug-likeness (QED) is 0.656. The number of nitrogens with two attached hydrogens (primary N) is 1. The maximum atomic E-state index is 12.9. The van der Waals surface area contributed by atoms with E-state index >= 15 is 0 Å². The SMILES string of the molecule is NC1CCCC2CN(S(=O)(=O)c3ccc(Cl)cc3[N+](=O)[O-])CC12. The Balaban J connectivity index is 1.96. The van der Waals surface area contributed by atoms with Crippen LogP contribution in [-0.2, 0) is 10.0 Å². The zero-order valence-corrected chi connectivity index (χ0v) is 14.0. The molecule has 0 aromatic heterocycles. The second-order valence-corrected chi connectivity index (χ2v) is 8.55. The van der Waals surface area contributed by atoms with E-state index in [1.165, 1.54) is 16.4 Å². The molecule has 2 N–H and O–H groups in total. The number of benzene rings is 1. The zero-order valence-electron chi connectivity index (χ0n) is 12.4. The van der Waals surface area contributed by atoms with Crippen molar-refractivity contribution in [1.29, 1.82) is 0 Å². The van der Waals surface area contributed by atoms with Gasteiger partial charge >= 0.3 is 0 Å². The van der Waals surface area contributed by atoms with E-state index in [0.717, 1.165) is 25.3 Å². The molecule has 0 radical (unpaired) electrons. The van der Waals surface area contributed by atoms with Crippen molar-refractivity contribution in [2.45, 2.75) is 30.2 Å². The van der Waals surface area contributed by atoms with Crippen LogP contribution in [0.25, 0.3) is 0 Å². The molecule has 3 rings (SSSR count). The molecule has 1 aromatic carbocycles. The Morgan fingerprint density at radius 1 is 1.30 bits per heavy atom. The van der Waals surface area contributed by atoms with Gasteiger partial charge in [0.25, 0.3) is 5.69 Å². The van der Waals surface area contributed by atoms with Gasteiger partial charge in [0.1, 0.15) is 0 Å². The largest absolute Gasteiger partial charge is 0.327 e. The average Bonchev–Trinajstić information content (AvgIpc) is 2.93. The van der Waals surface area contributed by atoms with E-state index in [1.54, 1.807) is 0 Å². The Morgan fingerprint density at radius 3 is 2.70 bits per heavy atom. The molecule has 3 unspecified atom stereocenters. The minimum absolute atomic E-state index is 0.00541. The van der Waals surface area contributed by atoms with Crippen LogP contribution < -0.4 is 5.73 Å². The van der Waals surface area contributed by atoms with Crippen LogP contribution >= 0.6 is 11.6 Å². The third-order valence-corrected chi connectivity index (χ3v) is 6.97. The van der Waals surface area contributed by atoms with Crippen molar-refractivity contribution in [2.75, 3.05) is 13.1 Å². The van der Waals surface area contributed by atoms with Crippen LogP contribution in [-0.4, -0.2) is 36.8 Å². The monoisotopic (exact) mass is 359 g/mol. The third kappa shape index (κ3) is 2.96. The fraction of sp³-hybridized carbons (Fsp3) is 0.571. The maximum absolute atomic E-state index is 12.9. The van der Waals surface area contributed by atoms with Crippen LogP contribution in [0, 0.1) is 22.0 Å². The molecule has 3 atom stereocenters. The first kappa shape index (κ1) is 16.6. The first-order chi connectivity index (χ1) is 10.8. The van der Waals surface area contributed by atoms with Crippen molar-refractivity contribution in [3.8, 4) is 0 Å². The highest BCUT2D eigenvalue weighted by atomic mass is 35.5. The van der Waals surface area contributed by atoms with Crippen molar-refractivity contribution in [3.63, 3.8) is 0 Å². The Hall–Kier alpha value is -1.22. The molecule has 0 bridgehead atoms. The summed E-state index contributed by atoms with van der Waals surface area (Å²) in [6.45, 7) is 0.703. The third-order valence-electron chi connectivity index (χ3n) is 4.86. The topological polar surface area (TPSA) is 107 Å². The van der Waals surface area contributed by atoms with Crippen molar-refractivity contribution in [2.24, 2.45) is 17.6 Å². The number of sulfonamides is 1. The van der Waals surface area contributed by atoms with Gasteiger partial charge in [-0.3, -0.25) is 10.1 Å². The summed E-state index contributed by atoms with van der Waals surface area (Å²) in [4.78, 5) is 10.2. The molecule has 9 heteroatoms. The number of halogens is 1. The molecule has 0 spiro atoms. The van der Waals surface area contributed by atoms with Gasteiger partial charge in [-0.25, -0.2) is 8.42 Å². The first-order valence-electron chi connectivity index (χ1n) is 7.50. The summed E-state index contributed by atoms with van der Waals surface area (Å²) in [5.41, 5.74) is 5.63. The molecule has 1 heterocycles. The zero-order chi connectivity index (χ0) is 16.8. The number of fused-ring (bicyclic) bond motifs is 1. The number of nitro benzene ring substituents is 1. The maximum Gasteiger partial charge on any atom is 0.290 e. The van der Waals surface area contributed by atoms with Gasteiger partial charge in [-0.2, -0.15) is 4.31 Å². The predicted octanol–water partition coefficient (Wildman–Crippen LogP) is 2.00. The minimum atomic E-state index is -3.94. The van der Waals surface area contributed by atoms with Gasteiger partial charge in [0.05, 0.1) is 4.92 Å². The average molecular weight is 360 g/mol. The summed E-state index contributed by atoms with van der Waals surface area (Å²) in [6, 6.07) is 3.63. The number of hydrogen-bond acceptors (Lipinski definition) is 5. The molecule has 23 heavy (non-hydrogen) atoms. The van der Waals surface area contributed by atoms with Crippen LogP contribution in [0.1, 0.15) is 19.3 Å². The molecule has 7 nitrogen and oxygen atoms in total. The number of rotatable bonds is 3. The molecule has 1 saturated heterocycles. The summed E-state index contributed by atoms with van der Waals surface area (Å²) in [5.74, 6) is 0.366. The van der Waals surface area contributed by atoms with Gasteiger partial charge in [-0.1, -0.05) is 18.0 Å². The van der Waals surface area contributed by atoms with Gasteiger partial charge in [-0.15, -0.1) is 0 Å². The molecule has 1 aliphatic carbocycles. The van der Waals surface area contributed by atoms with E-state index in [4.69, 9.17) is 17.3 Å². The van der Waals surface area contributed by atoms with Crippen molar-refractivity contribution >= 4 is 27.3 Å². The second kappa shape index (κ2) is 6.01. The van der Waals surface area contributed by atoms with E-state index in [2.05, 4.69) is 0 Å². The van der Waals surface area contributed by atoms with Crippen molar-refractivity contribution in [1.82, 2.24) is 4.31 Å². The second-order valence-electron chi connectivity index (χ2n) is 6.21. The summed E-state index contributed by atoms with van der Waals surface area (Å²) in [5, 5.41) is 11.3. The molecular formula is C14H18ClN3O4S. The lowest BCUT2D eigenvalue weighted by Gasteiger charge is -2.29. The van der Waals surface area contributed by atoms with E-state index in [9.17, 15) is 18.5 Å². The van der Waals surface area contributed by atoms with Gasteiger partial charge in [-0.05, 0) is 36.8 Å². The van der Waals surface area contributed by atoms with Gasteiger partial charge in [0.2, 0.25) is 10.0 Å². The molecular weight excluding hydrogens is 342 g/mol. The van der Waals surface area contributed by atoms with Gasteiger partial charge in [0, 0.05) is 30.2 Å². The molecule has 0 amide bonds. The number of nitrogens with zero attached hydrogens (tertiary/aromatic N) is 2. The lowest BCUT2D eigenvalue weighted by Crippen LogP contribution is -2.38. The summed E-state index contributed by atoms with van der Waals surface area (Å²) in [6.07, 6.45) is 2.85. The predicted molar refractivity (Wildman–Crippen MR) is 85.7 cm³/mol. The lowest BCUT2D eigenvalue weighted by atomic mass is 9.78. The van der Waals surface area contributed by atoms with Crippen molar-refractivity contribution < 1.29 is 13.3 Å². The Bertz CT molecular complexity index is 740. The van der Waals surface area contributed by atoms with Crippen molar-refractivity contribution in [3.05, 3.63) is 33.3 Å². The first-order valence-corrected chi connectivity index (χ1v) is 9.32. The molecule has 1 aromatic rings. The van der Waals surface area contributed by atoms with Gasteiger partial charge < -0.3 is 5.73 Å². The van der Waals surface area contributed by atoms with Crippen LogP contribution in [0.5, 0.6) is 0 Å². The molecule has 1 aliphatic heterocycles. The van der Waals surface area contributed by atoms with E-state index in [0.29, 0.717) is 13.1 Å². The summed E-state index contributed by atoms with van der Waals surface area (Å²) >= 11 is 5.76. The highest BCUT2D eigenvalue weighted by Crippen LogP contribution is 2.39. The fourth-order valence-corrected chi connectivity index (χ4v) is 5.50. The highest BCUT2D eigenvalue weighted by Gasteiger charge is 2.44. The summed E-state index contributed by atoms with van der Waals surface area (Å²) in [7, 11) is -3.94. The highest BCUT2D eigenvalue weighted by molar-refractivity contribution is 7.89. The Morgan fingerprint density at radius 2 is 2.04 bits per heavy atom. The van der Waals surface area contributed by atoms with Crippen LogP contribution in [0.3, 0.4) is 0 Å². The van der Waals surface area contributed by atoms with E-state index < -0.39 is 20.6 Å². The van der Waals surface area contributed by atoms with Crippen LogP contribution in [0.4, 0.5) is 5.69 Å². The smallest absolute Gasteiger partial charge is 0.290 e. The fourth-order valence-electron chi connectivity index (χ4n) is 3.66. The Labute approximate surface area is 139 Å². The van der Waals surface area contributed by atoms with E-state index in [1.807, 2.05) is 0 Å². The molecule has 126 valence electrons. The van der Waals surface area contributed by atoms with Crippen LogP contribution in [0.15, 0.2) is 23.1 Å². The normalized spacial score (nSPS) is 28.5.